The van der Waals surface area contributed by atoms with Gasteiger partial charge < -0.3 is 29.7 Å². The number of aromatic nitrogens is 3. The van der Waals surface area contributed by atoms with Gasteiger partial charge in [-0.3, -0.25) is 20.1 Å². The van der Waals surface area contributed by atoms with Crippen LogP contribution < -0.4 is 24.8 Å². The number of pyridine rings is 3. The molecule has 1 atom stereocenters. The molecule has 13 nitrogen and oxygen atoms in total. The Morgan fingerprint density at radius 3 is 2.42 bits per heavy atom. The van der Waals surface area contributed by atoms with Crippen molar-refractivity contribution in [3.8, 4) is 46.1 Å². The molecule has 4 N–H and O–H groups in total. The molecule has 6 rings (SSSR count). The third-order valence-electron chi connectivity index (χ3n) is 8.73. The minimum atomic E-state index is -1.62. The monoisotopic (exact) mass is 845 g/mol. The second-order valence-electron chi connectivity index (χ2n) is 12.5. The molecule has 1 unspecified atom stereocenters. The number of aliphatic carboxylic acids is 1. The number of nitriles is 1. The largest absolute Gasteiger partial charge is 0.480 e. The number of benzene rings is 2. The van der Waals surface area contributed by atoms with Gasteiger partial charge in [-0.25, -0.2) is 4.98 Å². The highest BCUT2D eigenvalue weighted by Gasteiger charge is 2.32. The van der Waals surface area contributed by atoms with Gasteiger partial charge in [-0.2, -0.15) is 10.2 Å². The van der Waals surface area contributed by atoms with E-state index >= 15 is 0 Å². The molecule has 5 aromatic rings. The number of hydrogen-bond acceptors (Lipinski definition) is 12. The van der Waals surface area contributed by atoms with Gasteiger partial charge in [0.15, 0.2) is 0 Å². The van der Waals surface area contributed by atoms with Crippen molar-refractivity contribution in [1.29, 1.82) is 5.26 Å². The van der Waals surface area contributed by atoms with Crippen molar-refractivity contribution >= 4 is 50.9 Å². The molecular weight excluding hydrogens is 813 g/mol. The van der Waals surface area contributed by atoms with Gasteiger partial charge >= 0.3 is 5.97 Å². The maximum atomic E-state index is 11.8. The number of carboxylic acid groups (broad SMARTS) is 1. The Bertz CT molecular complexity index is 2320. The topological polar surface area (TPSA) is 184 Å². The molecule has 3 aromatic heterocycles. The number of amidine groups is 1. The Balaban J connectivity index is 1.26. The number of carbonyl (C=O) groups is 1. The molecule has 0 aliphatic carbocycles. The van der Waals surface area contributed by atoms with Gasteiger partial charge in [0.1, 0.15) is 30.7 Å². The fourth-order valence-electron chi connectivity index (χ4n) is 5.60. The first-order valence-corrected chi connectivity index (χ1v) is 18.4. The van der Waals surface area contributed by atoms with Gasteiger partial charge in [-0.15, -0.1) is 0 Å². The van der Waals surface area contributed by atoms with Crippen LogP contribution in [0, 0.1) is 11.3 Å². The summed E-state index contributed by atoms with van der Waals surface area (Å²) in [6, 6.07) is 20.3. The molecule has 0 radical (unpaired) electrons. The summed E-state index contributed by atoms with van der Waals surface area (Å²) in [5.74, 6) is 0.245. The van der Waals surface area contributed by atoms with E-state index in [9.17, 15) is 20.3 Å². The van der Waals surface area contributed by atoms with Crippen LogP contribution in [-0.2, 0) is 24.6 Å². The molecule has 0 saturated heterocycles. The second kappa shape index (κ2) is 17.4. The number of carboxylic acids is 1. The molecule has 0 saturated carbocycles. The lowest BCUT2D eigenvalue weighted by molar-refractivity contribution is -0.145. The maximum Gasteiger partial charge on any atom is 0.326 e. The number of nitrogens with zero attached hydrogens (tertiary/aromatic N) is 5. The van der Waals surface area contributed by atoms with E-state index < -0.39 is 18.1 Å². The zero-order valence-corrected chi connectivity index (χ0v) is 32.7. The SMILES string of the molecule is COc1nc(-c2cccc(-c3cccc(COc4nc(OCc5cncc(C#N)c5)c(CNC(C)(CO)C(=O)O)cc4Br)c3Cl)c2Cl)ccc1C1=NCCN1. The summed E-state index contributed by atoms with van der Waals surface area (Å²) in [6.07, 6.45) is 3.00. The molecule has 0 fully saturated rings. The summed E-state index contributed by atoms with van der Waals surface area (Å²) in [7, 11) is 1.56. The predicted octanol–water partition coefficient (Wildman–Crippen LogP) is 6.59. The highest BCUT2D eigenvalue weighted by Crippen LogP contribution is 2.41. The maximum absolute atomic E-state index is 11.8. The van der Waals surface area contributed by atoms with Crippen molar-refractivity contribution in [2.45, 2.75) is 32.2 Å². The van der Waals surface area contributed by atoms with E-state index in [2.05, 4.69) is 41.5 Å². The molecule has 2 aromatic carbocycles. The van der Waals surface area contributed by atoms with E-state index in [1.165, 1.54) is 13.1 Å². The Morgan fingerprint density at radius 2 is 1.71 bits per heavy atom. The van der Waals surface area contributed by atoms with Crippen LogP contribution in [0.5, 0.6) is 17.6 Å². The first-order valence-electron chi connectivity index (χ1n) is 16.8. The number of rotatable bonds is 15. The fourth-order valence-corrected chi connectivity index (χ4v) is 6.69. The molecule has 0 amide bonds. The number of hydrogen-bond donors (Lipinski definition) is 4. The first kappa shape index (κ1) is 39.4. The van der Waals surface area contributed by atoms with Crippen LogP contribution in [0.25, 0.3) is 22.4 Å². The summed E-state index contributed by atoms with van der Waals surface area (Å²) >= 11 is 17.6. The standard InChI is InChI=1S/C39H34BrCl2N7O6/c1-39(21-50,38(51)52)47-18-25-14-30(40)37(49-35(25)54-19-23-13-22(15-43)16-44-17-23)55-20-24-5-3-6-26(32(24)41)27-7-4-8-28(33(27)42)31-10-9-29(36(48-31)53-2)34-45-11-12-46-34/h3-10,13-14,16-17,47,50H,11-12,18-21H2,1-2H3,(H,45,46)(H,51,52). The van der Waals surface area contributed by atoms with Crippen LogP contribution in [0.4, 0.5) is 0 Å². The van der Waals surface area contributed by atoms with E-state index in [0.29, 0.717) is 71.6 Å². The van der Waals surface area contributed by atoms with Crippen LogP contribution in [-0.4, -0.2) is 69.3 Å². The van der Waals surface area contributed by atoms with E-state index in [0.717, 1.165) is 17.9 Å². The molecule has 1 aliphatic heterocycles. The number of aliphatic imine (C=N–C) groups is 1. The normalized spacial score (nSPS) is 13.3. The minimum absolute atomic E-state index is 0.00638. The Kier molecular flexibility index (Phi) is 12.5. The fraction of sp³-hybridized carbons (Fsp3) is 0.231. The highest BCUT2D eigenvalue weighted by molar-refractivity contribution is 9.10. The number of aliphatic hydroxyl groups is 1. The lowest BCUT2D eigenvalue weighted by Gasteiger charge is -2.24. The van der Waals surface area contributed by atoms with Crippen LogP contribution in [0.3, 0.4) is 0 Å². The lowest BCUT2D eigenvalue weighted by Crippen LogP contribution is -2.52. The van der Waals surface area contributed by atoms with Crippen LogP contribution in [0.15, 0.2) is 82.5 Å². The van der Waals surface area contributed by atoms with Gasteiger partial charge in [0.2, 0.25) is 17.6 Å². The summed E-state index contributed by atoms with van der Waals surface area (Å²) in [6.45, 7) is 2.16. The van der Waals surface area contributed by atoms with Gasteiger partial charge in [0.05, 0.1) is 51.6 Å². The van der Waals surface area contributed by atoms with E-state index in [4.69, 9.17) is 42.4 Å². The third kappa shape index (κ3) is 8.83. The van der Waals surface area contributed by atoms with Crippen LogP contribution in [0.1, 0.15) is 34.7 Å². The number of methoxy groups -OCH3 is 1. The van der Waals surface area contributed by atoms with Gasteiger partial charge in [0.25, 0.3) is 0 Å². The zero-order chi connectivity index (χ0) is 39.1. The molecule has 4 heterocycles. The van der Waals surface area contributed by atoms with Crippen molar-refractivity contribution in [2.24, 2.45) is 4.99 Å². The highest BCUT2D eigenvalue weighted by atomic mass is 79.9. The third-order valence-corrected chi connectivity index (χ3v) is 10.2. The summed E-state index contributed by atoms with van der Waals surface area (Å²) in [5, 5.41) is 35.7. The molecule has 55 heavy (non-hydrogen) atoms. The Hall–Kier alpha value is -5.30. The number of aliphatic hydroxyl groups excluding tert-OH is 1. The van der Waals surface area contributed by atoms with E-state index in [1.54, 1.807) is 25.4 Å². The average Bonchev–Trinajstić information content (AvgIpc) is 3.74. The smallest absolute Gasteiger partial charge is 0.326 e. The minimum Gasteiger partial charge on any atom is -0.480 e. The lowest BCUT2D eigenvalue weighted by atomic mass is 9.99. The number of halogens is 3. The number of nitrogens with one attached hydrogen (secondary N) is 2. The van der Waals surface area contributed by atoms with Crippen molar-refractivity contribution in [3.05, 3.63) is 115 Å². The predicted molar refractivity (Wildman–Crippen MR) is 211 cm³/mol. The van der Waals surface area contributed by atoms with Crippen LogP contribution in [0.2, 0.25) is 10.0 Å². The van der Waals surface area contributed by atoms with Crippen molar-refractivity contribution in [2.75, 3.05) is 26.8 Å². The van der Waals surface area contributed by atoms with Crippen molar-refractivity contribution < 1.29 is 29.2 Å². The molecule has 282 valence electrons. The van der Waals surface area contributed by atoms with Gasteiger partial charge in [-0.05, 0) is 47.1 Å². The molecular formula is C39H34BrCl2N7O6. The first-order chi connectivity index (χ1) is 26.5. The van der Waals surface area contributed by atoms with Gasteiger partial charge in [-0.1, -0.05) is 59.6 Å². The Morgan fingerprint density at radius 1 is 0.964 bits per heavy atom. The second-order valence-corrected chi connectivity index (χ2v) is 14.1. The summed E-state index contributed by atoms with van der Waals surface area (Å²) in [4.78, 5) is 29.7. The molecule has 16 heteroatoms. The van der Waals surface area contributed by atoms with E-state index in [1.807, 2.05) is 54.6 Å². The quantitative estimate of drug-likeness (QED) is 0.0889. The van der Waals surface area contributed by atoms with Crippen LogP contribution >= 0.6 is 39.1 Å². The Labute approximate surface area is 335 Å². The molecule has 0 bridgehead atoms. The zero-order valence-electron chi connectivity index (χ0n) is 29.6. The van der Waals surface area contributed by atoms with E-state index in [-0.39, 0.29) is 31.5 Å². The number of ether oxygens (including phenoxy) is 3. The summed E-state index contributed by atoms with van der Waals surface area (Å²) in [5.41, 5.74) is 3.93. The van der Waals surface area contributed by atoms with Crippen molar-refractivity contribution in [3.63, 3.8) is 0 Å². The average molecular weight is 848 g/mol. The molecule has 1 aliphatic rings. The van der Waals surface area contributed by atoms with Crippen molar-refractivity contribution in [1.82, 2.24) is 25.6 Å². The molecule has 0 spiro atoms. The van der Waals surface area contributed by atoms with Gasteiger partial charge in [0, 0.05) is 58.9 Å². The summed E-state index contributed by atoms with van der Waals surface area (Å²) < 4.78 is 18.3.